The number of amides is 1. The van der Waals surface area contributed by atoms with Crippen molar-refractivity contribution in [2.24, 2.45) is 5.92 Å². The summed E-state index contributed by atoms with van der Waals surface area (Å²) in [5, 5.41) is 8.86. The zero-order chi connectivity index (χ0) is 17.9. The van der Waals surface area contributed by atoms with Crippen LogP contribution in [0.25, 0.3) is 0 Å². The maximum absolute atomic E-state index is 12.3. The van der Waals surface area contributed by atoms with E-state index in [0.717, 1.165) is 5.56 Å². The lowest BCUT2D eigenvalue weighted by Gasteiger charge is -2.16. The van der Waals surface area contributed by atoms with Crippen LogP contribution in [0.1, 0.15) is 17.5 Å². The van der Waals surface area contributed by atoms with Gasteiger partial charge >= 0.3 is 5.97 Å². The van der Waals surface area contributed by atoms with E-state index in [1.807, 2.05) is 12.1 Å². The quantitative estimate of drug-likeness (QED) is 0.470. The van der Waals surface area contributed by atoms with Gasteiger partial charge in [0.25, 0.3) is 0 Å². The molecule has 1 saturated carbocycles. The normalized spacial score (nSPS) is 21.3. The van der Waals surface area contributed by atoms with Gasteiger partial charge in [-0.2, -0.15) is 0 Å². The van der Waals surface area contributed by atoms with Gasteiger partial charge in [0, 0.05) is 12.4 Å². The second-order valence-electron chi connectivity index (χ2n) is 5.87. The molecule has 7 nitrogen and oxygen atoms in total. The molecule has 1 heterocycles. The summed E-state index contributed by atoms with van der Waals surface area (Å²) in [5.74, 6) is -1.20. The number of carbonyl (C=O) groups excluding carboxylic acids is 2. The van der Waals surface area contributed by atoms with Crippen LogP contribution in [0.5, 0.6) is 5.75 Å². The fraction of sp³-hybridized carbons (Fsp3) is 0.278. The van der Waals surface area contributed by atoms with E-state index in [4.69, 9.17) is 14.7 Å². The average Bonchev–Trinajstić information content (AvgIpc) is 3.43. The number of carbonyl (C=O) groups is 2. The fourth-order valence-corrected chi connectivity index (χ4v) is 3.01. The summed E-state index contributed by atoms with van der Waals surface area (Å²) in [7, 11) is 1.28. The van der Waals surface area contributed by atoms with E-state index in [-0.39, 0.29) is 6.42 Å². The van der Waals surface area contributed by atoms with E-state index in [0.29, 0.717) is 17.9 Å². The third kappa shape index (κ3) is 3.18. The molecule has 1 amide bonds. The molecule has 130 valence electrons. The van der Waals surface area contributed by atoms with Crippen molar-refractivity contribution in [2.45, 2.75) is 18.4 Å². The Bertz CT molecular complexity index is 780. The molecular weight excluding hydrogens is 324 g/mol. The number of benzene rings is 1. The van der Waals surface area contributed by atoms with Gasteiger partial charge in [-0.25, -0.2) is 5.48 Å². The maximum atomic E-state index is 12.3. The van der Waals surface area contributed by atoms with Crippen molar-refractivity contribution >= 4 is 11.9 Å². The highest BCUT2D eigenvalue weighted by molar-refractivity contribution is 5.97. The van der Waals surface area contributed by atoms with Gasteiger partial charge in [-0.05, 0) is 41.8 Å². The van der Waals surface area contributed by atoms with Crippen LogP contribution in [0.15, 0.2) is 48.8 Å². The monoisotopic (exact) mass is 342 g/mol. The molecule has 2 atom stereocenters. The number of hydrogen-bond acceptors (Lipinski definition) is 6. The smallest absolute Gasteiger partial charge is 0.317 e. The molecule has 0 spiro atoms. The minimum Gasteiger partial charge on any atom is -0.489 e. The van der Waals surface area contributed by atoms with Gasteiger partial charge in [-0.15, -0.1) is 0 Å². The molecule has 2 N–H and O–H groups in total. The summed E-state index contributed by atoms with van der Waals surface area (Å²) in [4.78, 5) is 28.0. The van der Waals surface area contributed by atoms with Gasteiger partial charge in [0.1, 0.15) is 17.8 Å². The first-order valence-electron chi connectivity index (χ1n) is 7.76. The molecule has 3 rings (SSSR count). The lowest BCUT2D eigenvalue weighted by atomic mass is 9.92. The van der Waals surface area contributed by atoms with Crippen molar-refractivity contribution in [2.75, 3.05) is 7.11 Å². The first-order valence-corrected chi connectivity index (χ1v) is 7.76. The molecule has 0 aliphatic heterocycles. The van der Waals surface area contributed by atoms with Crippen LogP contribution < -0.4 is 10.2 Å². The number of hydroxylamine groups is 1. The van der Waals surface area contributed by atoms with Crippen LogP contribution >= 0.6 is 0 Å². The SMILES string of the molecule is COC(=O)C1(c2cccc(OCc3ccncc3)c2)CC1C(=O)NO. The van der Waals surface area contributed by atoms with E-state index in [1.165, 1.54) is 7.11 Å². The van der Waals surface area contributed by atoms with Crippen molar-refractivity contribution in [3.63, 3.8) is 0 Å². The van der Waals surface area contributed by atoms with Crippen LogP contribution in [-0.2, 0) is 26.3 Å². The Hall–Kier alpha value is -2.93. The molecule has 0 saturated heterocycles. The minimum absolute atomic E-state index is 0.278. The molecule has 1 aliphatic carbocycles. The van der Waals surface area contributed by atoms with Gasteiger partial charge < -0.3 is 9.47 Å². The van der Waals surface area contributed by atoms with Gasteiger partial charge in [-0.3, -0.25) is 19.8 Å². The zero-order valence-electron chi connectivity index (χ0n) is 13.6. The number of hydrogen-bond donors (Lipinski definition) is 2. The van der Waals surface area contributed by atoms with E-state index in [1.54, 1.807) is 42.1 Å². The summed E-state index contributed by atoms with van der Waals surface area (Å²) < 4.78 is 10.6. The summed E-state index contributed by atoms with van der Waals surface area (Å²) in [6.45, 7) is 0.359. The Morgan fingerprint density at radius 3 is 2.76 bits per heavy atom. The Morgan fingerprint density at radius 1 is 1.32 bits per heavy atom. The third-order valence-corrected chi connectivity index (χ3v) is 4.44. The first-order chi connectivity index (χ1) is 12.1. The summed E-state index contributed by atoms with van der Waals surface area (Å²) >= 11 is 0. The molecule has 2 unspecified atom stereocenters. The highest BCUT2D eigenvalue weighted by Gasteiger charge is 2.65. The third-order valence-electron chi connectivity index (χ3n) is 4.44. The van der Waals surface area contributed by atoms with Crippen molar-refractivity contribution in [1.82, 2.24) is 10.5 Å². The number of esters is 1. The molecule has 1 aromatic heterocycles. The van der Waals surface area contributed by atoms with E-state index in [9.17, 15) is 9.59 Å². The number of rotatable bonds is 6. The molecule has 25 heavy (non-hydrogen) atoms. The number of nitrogens with zero attached hydrogens (tertiary/aromatic N) is 1. The summed E-state index contributed by atoms with van der Waals surface area (Å²) in [5.41, 5.74) is 2.11. The Balaban J connectivity index is 1.82. The van der Waals surface area contributed by atoms with Gasteiger partial charge in [0.15, 0.2) is 0 Å². The van der Waals surface area contributed by atoms with E-state index < -0.39 is 23.2 Å². The number of pyridine rings is 1. The van der Waals surface area contributed by atoms with Crippen LogP contribution in [-0.4, -0.2) is 29.2 Å². The van der Waals surface area contributed by atoms with Crippen LogP contribution in [0.4, 0.5) is 0 Å². The number of methoxy groups -OCH3 is 1. The van der Waals surface area contributed by atoms with Crippen molar-refractivity contribution in [3.05, 3.63) is 59.9 Å². The highest BCUT2D eigenvalue weighted by Crippen LogP contribution is 2.55. The van der Waals surface area contributed by atoms with Gasteiger partial charge in [0.2, 0.25) is 5.91 Å². The fourth-order valence-electron chi connectivity index (χ4n) is 3.01. The number of aromatic nitrogens is 1. The first kappa shape index (κ1) is 16.9. The van der Waals surface area contributed by atoms with Crippen molar-refractivity contribution in [1.29, 1.82) is 0 Å². The van der Waals surface area contributed by atoms with E-state index >= 15 is 0 Å². The lowest BCUT2D eigenvalue weighted by molar-refractivity contribution is -0.146. The molecule has 2 aromatic rings. The van der Waals surface area contributed by atoms with Crippen LogP contribution in [0.2, 0.25) is 0 Å². The predicted molar refractivity (Wildman–Crippen MR) is 86.7 cm³/mol. The molecule has 7 heteroatoms. The van der Waals surface area contributed by atoms with Crippen LogP contribution in [0.3, 0.4) is 0 Å². The van der Waals surface area contributed by atoms with Gasteiger partial charge in [-0.1, -0.05) is 12.1 Å². The standard InChI is InChI=1S/C18H18N2O5/c1-24-17(22)18(10-15(18)16(21)20-23)13-3-2-4-14(9-13)25-11-12-5-7-19-8-6-12/h2-9,15,23H,10-11H2,1H3,(H,20,21). The predicted octanol–water partition coefficient (Wildman–Crippen LogP) is 1.60. The summed E-state index contributed by atoms with van der Waals surface area (Å²) in [6.07, 6.45) is 3.65. The maximum Gasteiger partial charge on any atom is 0.317 e. The Labute approximate surface area is 144 Å². The number of ether oxygens (including phenoxy) is 2. The van der Waals surface area contributed by atoms with E-state index in [2.05, 4.69) is 4.98 Å². The molecular formula is C18H18N2O5. The van der Waals surface area contributed by atoms with Crippen molar-refractivity contribution < 1.29 is 24.3 Å². The molecule has 0 radical (unpaired) electrons. The topological polar surface area (TPSA) is 97.8 Å². The lowest BCUT2D eigenvalue weighted by Crippen LogP contribution is -2.31. The molecule has 0 bridgehead atoms. The summed E-state index contributed by atoms with van der Waals surface area (Å²) in [6, 6.07) is 10.7. The second kappa shape index (κ2) is 6.90. The molecule has 1 aromatic carbocycles. The van der Waals surface area contributed by atoms with Crippen molar-refractivity contribution in [3.8, 4) is 5.75 Å². The largest absolute Gasteiger partial charge is 0.489 e. The average molecular weight is 342 g/mol. The molecule has 1 fully saturated rings. The van der Waals surface area contributed by atoms with Gasteiger partial charge in [0.05, 0.1) is 13.0 Å². The Morgan fingerprint density at radius 2 is 2.08 bits per heavy atom. The second-order valence-corrected chi connectivity index (χ2v) is 5.87. The highest BCUT2D eigenvalue weighted by atomic mass is 16.5. The molecule has 1 aliphatic rings. The Kier molecular flexibility index (Phi) is 4.67. The minimum atomic E-state index is -1.09. The number of nitrogens with one attached hydrogen (secondary N) is 1. The zero-order valence-corrected chi connectivity index (χ0v) is 13.6. The van der Waals surface area contributed by atoms with Crippen LogP contribution in [0, 0.1) is 5.92 Å².